The molecule has 16 rings (SSSR count). The van der Waals surface area contributed by atoms with Gasteiger partial charge in [0.1, 0.15) is 0 Å². The Bertz CT molecular complexity index is 4640. The molecular weight excluding hydrogens is 1090 g/mol. The van der Waals surface area contributed by atoms with E-state index in [0.717, 1.165) is 118 Å². The van der Waals surface area contributed by atoms with E-state index in [-0.39, 0.29) is 17.5 Å². The molecule has 0 unspecified atom stereocenters. The summed E-state index contributed by atoms with van der Waals surface area (Å²) in [5.41, 5.74) is 28.9. The molecule has 0 spiro atoms. The minimum Gasteiger partial charge on any atom is -0.310 e. The molecule has 6 heteroatoms. The van der Waals surface area contributed by atoms with Crippen LogP contribution in [0, 0.1) is 0 Å². The molecule has 14 aromatic rings. The van der Waals surface area contributed by atoms with Crippen LogP contribution in [0.1, 0.15) is 52.7 Å². The second-order valence-corrected chi connectivity index (χ2v) is 26.2. The molecule has 0 fully saturated rings. The second kappa shape index (κ2) is 21.5. The first-order valence-electron chi connectivity index (χ1n) is 31.4. The Hall–Kier alpha value is -10.8. The van der Waals surface area contributed by atoms with Crippen molar-refractivity contribution in [2.75, 3.05) is 9.80 Å². The summed E-state index contributed by atoms with van der Waals surface area (Å²) >= 11 is 0. The highest BCUT2D eigenvalue weighted by Gasteiger charge is 2.46. The molecule has 430 valence electrons. The molecule has 0 saturated carbocycles. The maximum absolute atomic E-state index is 5.15. The van der Waals surface area contributed by atoms with Crippen molar-refractivity contribution in [3.8, 4) is 72.4 Å². The maximum Gasteiger partial charge on any atom is 0.252 e. The molecule has 0 N–H and O–H groups in total. The van der Waals surface area contributed by atoms with Crippen molar-refractivity contribution in [3.05, 3.63) is 303 Å². The molecule has 5 heterocycles. The molecular formula is C84H66BN5. The fourth-order valence-corrected chi connectivity index (χ4v) is 14.2. The van der Waals surface area contributed by atoms with E-state index < -0.39 is 0 Å². The van der Waals surface area contributed by atoms with Crippen LogP contribution < -0.4 is 26.2 Å². The largest absolute Gasteiger partial charge is 0.310 e. The maximum atomic E-state index is 5.15. The first kappa shape index (κ1) is 54.6. The Labute approximate surface area is 528 Å². The minimum atomic E-state index is -0.250. The molecule has 3 aromatic heterocycles. The first-order chi connectivity index (χ1) is 43.9. The standard InChI is InChI=1S/C84H66BN5/c1-83(2,3)63-39-43-74-66(47-63)67-48-64(84(4,5)6)40-44-75(67)88(74)65-49-78-80-79(50-65)90(82-70(59-33-21-11-22-34-59)53-87-54-71(82)60-35-23-12-24-36-60)77-42-38-62(56-27-15-8-16-28-56)46-73(77)85(80)72-45-61(55-25-13-7-14-26-55)37-41-76(72)89(78)81-68(57-29-17-9-18-30-57)51-86-52-69(81)58-31-19-10-20-32-58/h7-54H,1-6H3. The number of benzene rings is 11. The Morgan fingerprint density at radius 2 is 0.622 bits per heavy atom. The van der Waals surface area contributed by atoms with Crippen LogP contribution >= 0.6 is 0 Å². The fourth-order valence-electron chi connectivity index (χ4n) is 14.2. The van der Waals surface area contributed by atoms with E-state index in [1.807, 2.05) is 0 Å². The predicted molar refractivity (Wildman–Crippen MR) is 380 cm³/mol. The monoisotopic (exact) mass is 1160 g/mol. The Kier molecular flexibility index (Phi) is 13.0. The van der Waals surface area contributed by atoms with Gasteiger partial charge in [0, 0.05) is 80.6 Å². The van der Waals surface area contributed by atoms with Crippen LogP contribution in [0.2, 0.25) is 0 Å². The summed E-state index contributed by atoms with van der Waals surface area (Å²) in [5, 5.41) is 2.47. The summed E-state index contributed by atoms with van der Waals surface area (Å²) in [6, 6.07) is 99.0. The van der Waals surface area contributed by atoms with Crippen molar-refractivity contribution in [1.82, 2.24) is 14.5 Å². The van der Waals surface area contributed by atoms with Crippen molar-refractivity contribution in [3.63, 3.8) is 0 Å². The van der Waals surface area contributed by atoms with Gasteiger partial charge in [-0.1, -0.05) is 260 Å². The van der Waals surface area contributed by atoms with Gasteiger partial charge in [0.25, 0.3) is 6.71 Å². The third-order valence-electron chi connectivity index (χ3n) is 18.6. The Morgan fingerprint density at radius 3 is 0.944 bits per heavy atom. The van der Waals surface area contributed by atoms with Gasteiger partial charge in [-0.2, -0.15) is 0 Å². The normalized spacial score (nSPS) is 12.7. The smallest absolute Gasteiger partial charge is 0.252 e. The van der Waals surface area contributed by atoms with Gasteiger partial charge < -0.3 is 14.4 Å². The highest BCUT2D eigenvalue weighted by Crippen LogP contribution is 2.54. The van der Waals surface area contributed by atoms with Crippen molar-refractivity contribution in [1.29, 1.82) is 0 Å². The first-order valence-corrected chi connectivity index (χ1v) is 31.4. The summed E-state index contributed by atoms with van der Waals surface area (Å²) in [6.07, 6.45) is 8.31. The number of fused-ring (bicyclic) bond motifs is 7. The zero-order chi connectivity index (χ0) is 60.8. The van der Waals surface area contributed by atoms with E-state index in [4.69, 9.17) is 9.97 Å². The molecule has 0 aliphatic carbocycles. The SMILES string of the molecule is CC(C)(C)c1ccc2c(c1)c1cc(C(C)(C)C)ccc1n2-c1cc2c3c(c1)N(c1c(-c4ccccc4)cncc1-c1ccccc1)c1ccc(-c4ccccc4)cc1B3c1cc(-c3ccccc3)ccc1N2c1c(-c2ccccc2)cncc1-c1ccccc1. The van der Waals surface area contributed by atoms with Crippen molar-refractivity contribution in [2.24, 2.45) is 0 Å². The van der Waals surface area contributed by atoms with Crippen LogP contribution in [0.25, 0.3) is 94.3 Å². The Balaban J connectivity index is 1.12. The number of nitrogens with zero attached hydrogens (tertiary/aromatic N) is 5. The molecule has 0 atom stereocenters. The zero-order valence-corrected chi connectivity index (χ0v) is 51.5. The lowest BCUT2D eigenvalue weighted by atomic mass is 9.33. The van der Waals surface area contributed by atoms with Gasteiger partial charge in [0.05, 0.1) is 28.1 Å². The fraction of sp³-hybridized carbons (Fsp3) is 0.0952. The summed E-state index contributed by atoms with van der Waals surface area (Å²) in [5.74, 6) is 0. The van der Waals surface area contributed by atoms with Crippen molar-refractivity contribution in [2.45, 2.75) is 52.4 Å². The van der Waals surface area contributed by atoms with Gasteiger partial charge in [-0.15, -0.1) is 0 Å². The zero-order valence-electron chi connectivity index (χ0n) is 51.5. The summed E-state index contributed by atoms with van der Waals surface area (Å²) in [7, 11) is 0. The lowest BCUT2D eigenvalue weighted by Crippen LogP contribution is -2.61. The van der Waals surface area contributed by atoms with Crippen LogP contribution in [0.15, 0.2) is 292 Å². The number of hydrogen-bond donors (Lipinski definition) is 0. The highest BCUT2D eigenvalue weighted by atomic mass is 15.2. The molecule has 2 aliphatic rings. The number of aromatic nitrogens is 3. The average Bonchev–Trinajstić information content (AvgIpc) is 0.809. The number of hydrogen-bond acceptors (Lipinski definition) is 4. The lowest BCUT2D eigenvalue weighted by Gasteiger charge is -2.46. The average molecular weight is 1160 g/mol. The van der Waals surface area contributed by atoms with Crippen molar-refractivity contribution < 1.29 is 0 Å². The topological polar surface area (TPSA) is 37.2 Å². The summed E-state index contributed by atoms with van der Waals surface area (Å²) < 4.78 is 2.55. The molecule has 5 nitrogen and oxygen atoms in total. The van der Waals surface area contributed by atoms with Gasteiger partial charge in [0.15, 0.2) is 0 Å². The molecule has 2 aliphatic heterocycles. The predicted octanol–water partition coefficient (Wildman–Crippen LogP) is 20.3. The van der Waals surface area contributed by atoms with E-state index in [1.165, 1.54) is 38.3 Å². The van der Waals surface area contributed by atoms with E-state index in [9.17, 15) is 0 Å². The van der Waals surface area contributed by atoms with E-state index in [2.05, 4.69) is 348 Å². The molecule has 90 heavy (non-hydrogen) atoms. The summed E-state index contributed by atoms with van der Waals surface area (Å²) in [6.45, 7) is 13.7. The van der Waals surface area contributed by atoms with Gasteiger partial charge >= 0.3 is 0 Å². The number of pyridine rings is 2. The van der Waals surface area contributed by atoms with Crippen LogP contribution in [-0.2, 0) is 10.8 Å². The molecule has 0 amide bonds. The second-order valence-electron chi connectivity index (χ2n) is 26.2. The van der Waals surface area contributed by atoms with Crippen LogP contribution in [0.4, 0.5) is 34.1 Å². The third-order valence-corrected chi connectivity index (χ3v) is 18.6. The molecule has 0 radical (unpaired) electrons. The third kappa shape index (κ3) is 9.16. The number of anilines is 6. The molecule has 0 bridgehead atoms. The van der Waals surface area contributed by atoms with Gasteiger partial charge in [-0.3, -0.25) is 9.97 Å². The van der Waals surface area contributed by atoms with Crippen LogP contribution in [-0.4, -0.2) is 21.2 Å². The van der Waals surface area contributed by atoms with Crippen molar-refractivity contribution >= 4 is 79.0 Å². The lowest BCUT2D eigenvalue weighted by molar-refractivity contribution is 0.590. The van der Waals surface area contributed by atoms with Crippen LogP contribution in [0.5, 0.6) is 0 Å². The van der Waals surface area contributed by atoms with E-state index >= 15 is 0 Å². The van der Waals surface area contributed by atoms with E-state index in [1.54, 1.807) is 0 Å². The van der Waals surface area contributed by atoms with E-state index in [0.29, 0.717) is 0 Å². The number of rotatable bonds is 9. The van der Waals surface area contributed by atoms with Gasteiger partial charge in [-0.25, -0.2) is 0 Å². The van der Waals surface area contributed by atoms with Gasteiger partial charge in [-0.05, 0) is 131 Å². The minimum absolute atomic E-state index is 0.0767. The summed E-state index contributed by atoms with van der Waals surface area (Å²) in [4.78, 5) is 15.5. The highest BCUT2D eigenvalue weighted by molar-refractivity contribution is 7.00. The van der Waals surface area contributed by atoms with Gasteiger partial charge in [0.2, 0.25) is 0 Å². The molecule has 11 aromatic carbocycles. The van der Waals surface area contributed by atoms with Crippen LogP contribution in [0.3, 0.4) is 0 Å². The molecule has 0 saturated heterocycles. The quantitative estimate of drug-likeness (QED) is 0.135. The Morgan fingerprint density at radius 1 is 0.300 bits per heavy atom.